The van der Waals surface area contributed by atoms with Crippen LogP contribution in [0.5, 0.6) is 0 Å². The van der Waals surface area contributed by atoms with Crippen LogP contribution in [-0.2, 0) is 21.2 Å². The second kappa shape index (κ2) is 6.55. The molecule has 19 heavy (non-hydrogen) atoms. The van der Waals surface area contributed by atoms with E-state index in [1.54, 1.807) is 33.3 Å². The largest absolute Gasteiger partial charge is 0.379 e. The van der Waals surface area contributed by atoms with Crippen LogP contribution < -0.4 is 10.6 Å². The molecular weight excluding hydrogens is 268 g/mol. The second-order valence-electron chi connectivity index (χ2n) is 4.34. The highest BCUT2D eigenvalue weighted by Crippen LogP contribution is 2.08. The van der Waals surface area contributed by atoms with Gasteiger partial charge in [0, 0.05) is 25.0 Å². The van der Waals surface area contributed by atoms with E-state index in [1.165, 1.54) is 4.68 Å². The lowest BCUT2D eigenvalue weighted by molar-refractivity contribution is -0.121. The van der Waals surface area contributed by atoms with E-state index in [0.717, 1.165) is 0 Å². The SMILES string of the molecule is CCS(=O)(=O)CC(C)Nc1cnn(CC(=O)NC)c1. The fraction of sp³-hybridized carbons (Fsp3) is 0.636. The highest BCUT2D eigenvalue weighted by Gasteiger charge is 2.14. The summed E-state index contributed by atoms with van der Waals surface area (Å²) >= 11 is 0. The summed E-state index contributed by atoms with van der Waals surface area (Å²) in [5.41, 5.74) is 0.697. The molecule has 2 N–H and O–H groups in total. The molecule has 0 bridgehead atoms. The Morgan fingerprint density at radius 3 is 2.79 bits per heavy atom. The lowest BCUT2D eigenvalue weighted by Crippen LogP contribution is -2.26. The molecule has 0 saturated carbocycles. The van der Waals surface area contributed by atoms with Gasteiger partial charge in [-0.05, 0) is 6.92 Å². The van der Waals surface area contributed by atoms with Gasteiger partial charge in [-0.25, -0.2) is 8.42 Å². The first-order chi connectivity index (χ1) is 8.86. The van der Waals surface area contributed by atoms with Crippen LogP contribution in [0.25, 0.3) is 0 Å². The monoisotopic (exact) mass is 288 g/mol. The Balaban J connectivity index is 2.56. The predicted molar refractivity (Wildman–Crippen MR) is 73.7 cm³/mol. The van der Waals surface area contributed by atoms with Crippen LogP contribution in [0, 0.1) is 0 Å². The van der Waals surface area contributed by atoms with Crippen LogP contribution in [0.15, 0.2) is 12.4 Å². The zero-order chi connectivity index (χ0) is 14.5. The number of rotatable bonds is 7. The zero-order valence-corrected chi connectivity index (χ0v) is 12.2. The van der Waals surface area contributed by atoms with Crippen molar-refractivity contribution < 1.29 is 13.2 Å². The molecule has 1 aromatic heterocycles. The van der Waals surface area contributed by atoms with Crippen molar-refractivity contribution in [3.05, 3.63) is 12.4 Å². The first kappa shape index (κ1) is 15.5. The number of carbonyl (C=O) groups is 1. The maximum absolute atomic E-state index is 11.5. The van der Waals surface area contributed by atoms with Crippen LogP contribution in [0.4, 0.5) is 5.69 Å². The minimum absolute atomic E-state index is 0.0735. The van der Waals surface area contributed by atoms with E-state index in [1.807, 2.05) is 0 Å². The predicted octanol–water partition coefficient (Wildman–Crippen LogP) is -0.136. The number of hydrogen-bond donors (Lipinski definition) is 2. The van der Waals surface area contributed by atoms with Gasteiger partial charge in [-0.15, -0.1) is 0 Å². The molecule has 0 radical (unpaired) electrons. The Bertz CT molecular complexity index is 524. The summed E-state index contributed by atoms with van der Waals surface area (Å²) in [6.07, 6.45) is 3.24. The van der Waals surface area contributed by atoms with Crippen LogP contribution in [0.3, 0.4) is 0 Å². The quantitative estimate of drug-likeness (QED) is 0.728. The molecule has 108 valence electrons. The number of nitrogens with zero attached hydrogens (tertiary/aromatic N) is 2. The molecule has 1 rings (SSSR count). The van der Waals surface area contributed by atoms with E-state index >= 15 is 0 Å². The summed E-state index contributed by atoms with van der Waals surface area (Å²) in [6, 6.07) is -0.206. The van der Waals surface area contributed by atoms with Crippen molar-refractivity contribution >= 4 is 21.4 Å². The lowest BCUT2D eigenvalue weighted by atomic mass is 10.4. The number of anilines is 1. The van der Waals surface area contributed by atoms with Gasteiger partial charge in [0.25, 0.3) is 0 Å². The van der Waals surface area contributed by atoms with Gasteiger partial charge in [-0.3, -0.25) is 9.48 Å². The average molecular weight is 288 g/mol. The standard InChI is InChI=1S/C11H20N4O3S/c1-4-19(17,18)8-9(2)14-10-5-13-15(6-10)7-11(16)12-3/h5-6,9,14H,4,7-8H2,1-3H3,(H,12,16). The highest BCUT2D eigenvalue weighted by atomic mass is 32.2. The van der Waals surface area contributed by atoms with Crippen LogP contribution >= 0.6 is 0 Å². The van der Waals surface area contributed by atoms with Crippen molar-refractivity contribution in [2.75, 3.05) is 23.9 Å². The molecule has 0 spiro atoms. The van der Waals surface area contributed by atoms with Gasteiger partial charge in [0.15, 0.2) is 9.84 Å². The Morgan fingerprint density at radius 2 is 2.21 bits per heavy atom. The van der Waals surface area contributed by atoms with E-state index < -0.39 is 9.84 Å². The van der Waals surface area contributed by atoms with Crippen molar-refractivity contribution in [2.45, 2.75) is 26.4 Å². The third-order valence-electron chi connectivity index (χ3n) is 2.57. The molecule has 1 aromatic rings. The minimum atomic E-state index is -3.01. The molecule has 1 atom stereocenters. The number of likely N-dealkylation sites (N-methyl/N-ethyl adjacent to an activating group) is 1. The van der Waals surface area contributed by atoms with Gasteiger partial charge in [-0.2, -0.15) is 5.10 Å². The van der Waals surface area contributed by atoms with Gasteiger partial charge >= 0.3 is 0 Å². The highest BCUT2D eigenvalue weighted by molar-refractivity contribution is 7.91. The Morgan fingerprint density at radius 1 is 1.53 bits per heavy atom. The van der Waals surface area contributed by atoms with Crippen molar-refractivity contribution in [2.24, 2.45) is 0 Å². The fourth-order valence-corrected chi connectivity index (χ4v) is 2.66. The fourth-order valence-electron chi connectivity index (χ4n) is 1.58. The molecule has 7 nitrogen and oxygen atoms in total. The molecule has 1 amide bonds. The van der Waals surface area contributed by atoms with Gasteiger partial charge in [0.05, 0.1) is 17.6 Å². The topological polar surface area (TPSA) is 93.1 Å². The smallest absolute Gasteiger partial charge is 0.241 e. The molecule has 0 saturated heterocycles. The minimum Gasteiger partial charge on any atom is -0.379 e. The van der Waals surface area contributed by atoms with Crippen LogP contribution in [0.2, 0.25) is 0 Å². The van der Waals surface area contributed by atoms with Crippen molar-refractivity contribution in [3.63, 3.8) is 0 Å². The molecule has 0 aliphatic rings. The molecule has 8 heteroatoms. The first-order valence-electron chi connectivity index (χ1n) is 6.06. The summed E-state index contributed by atoms with van der Waals surface area (Å²) in [7, 11) is -1.45. The molecule has 0 aliphatic heterocycles. The Labute approximate surface area is 113 Å². The maximum atomic E-state index is 11.5. The van der Waals surface area contributed by atoms with Crippen LogP contribution in [0.1, 0.15) is 13.8 Å². The van der Waals surface area contributed by atoms with Gasteiger partial charge < -0.3 is 10.6 Å². The van der Waals surface area contributed by atoms with E-state index in [0.29, 0.717) is 5.69 Å². The number of sulfone groups is 1. The molecular formula is C11H20N4O3S. The molecule has 0 fully saturated rings. The second-order valence-corrected chi connectivity index (χ2v) is 6.74. The molecule has 0 aromatic carbocycles. The van der Waals surface area contributed by atoms with Gasteiger partial charge in [-0.1, -0.05) is 6.92 Å². The number of carbonyl (C=O) groups excluding carboxylic acids is 1. The van der Waals surface area contributed by atoms with Gasteiger partial charge in [0.2, 0.25) is 5.91 Å². The van der Waals surface area contributed by atoms with E-state index in [4.69, 9.17) is 0 Å². The number of nitrogens with one attached hydrogen (secondary N) is 2. The van der Waals surface area contributed by atoms with Crippen molar-refractivity contribution in [1.29, 1.82) is 0 Å². The van der Waals surface area contributed by atoms with Gasteiger partial charge in [0.1, 0.15) is 6.54 Å². The first-order valence-corrected chi connectivity index (χ1v) is 7.88. The third-order valence-corrected chi connectivity index (χ3v) is 4.46. The van der Waals surface area contributed by atoms with E-state index in [9.17, 15) is 13.2 Å². The molecule has 1 heterocycles. The normalized spacial score (nSPS) is 13.0. The Hall–Kier alpha value is -1.57. The van der Waals surface area contributed by atoms with Crippen molar-refractivity contribution in [1.82, 2.24) is 15.1 Å². The van der Waals surface area contributed by atoms with E-state index in [2.05, 4.69) is 15.7 Å². The maximum Gasteiger partial charge on any atom is 0.241 e. The van der Waals surface area contributed by atoms with Crippen molar-refractivity contribution in [3.8, 4) is 0 Å². The summed E-state index contributed by atoms with van der Waals surface area (Å²) in [4.78, 5) is 11.2. The summed E-state index contributed by atoms with van der Waals surface area (Å²) < 4.78 is 24.4. The molecule has 0 aliphatic carbocycles. The lowest BCUT2D eigenvalue weighted by Gasteiger charge is -2.12. The summed E-state index contributed by atoms with van der Waals surface area (Å²) in [6.45, 7) is 3.56. The average Bonchev–Trinajstić information content (AvgIpc) is 2.75. The third kappa shape index (κ3) is 5.29. The van der Waals surface area contributed by atoms with Crippen LogP contribution in [-0.4, -0.2) is 48.7 Å². The van der Waals surface area contributed by atoms with E-state index in [-0.39, 0.29) is 30.0 Å². The summed E-state index contributed by atoms with van der Waals surface area (Å²) in [5.74, 6) is 0.0651. The number of aromatic nitrogens is 2. The zero-order valence-electron chi connectivity index (χ0n) is 11.4. The molecule has 1 unspecified atom stereocenters. The number of amides is 1. The number of hydrogen-bond acceptors (Lipinski definition) is 5. The summed E-state index contributed by atoms with van der Waals surface area (Å²) in [5, 5.41) is 9.57. The Kier molecular flexibility index (Phi) is 5.34.